The van der Waals surface area contributed by atoms with Crippen LogP contribution in [0.25, 0.3) is 22.8 Å². The molecule has 0 bridgehead atoms. The van der Waals surface area contributed by atoms with E-state index in [1.807, 2.05) is 58.5 Å². The van der Waals surface area contributed by atoms with Crippen LogP contribution in [0.2, 0.25) is 1.41 Å². The molecule has 0 unspecified atom stereocenters. The van der Waals surface area contributed by atoms with E-state index < -0.39 is 4.92 Å². The Morgan fingerprint density at radius 3 is 2.24 bits per heavy atom. The molecule has 4 rings (SSSR count). The molecule has 0 amide bonds. The second kappa shape index (κ2) is 9.84. The molecule has 146 valence electrons. The zero-order valence-electron chi connectivity index (χ0n) is 15.8. The van der Waals surface area contributed by atoms with Crippen LogP contribution in [0.4, 0.5) is 5.69 Å². The summed E-state index contributed by atoms with van der Waals surface area (Å²) in [5.41, 5.74) is 2.43. The number of nitro groups is 1. The van der Waals surface area contributed by atoms with Crippen LogP contribution in [-0.4, -0.2) is 19.9 Å². The van der Waals surface area contributed by atoms with Crippen molar-refractivity contribution in [2.45, 2.75) is 0 Å². The standard InChI is InChI=1S/C19H13IN5O2.H2IN/c20-15-6-8-16(9-7-15)23-21-19(14-4-2-1-3-5-14)22-24(23)17-10-12-18(13-11-17)25(26)27;1-2/h1-13H;2H2/q+1;/i/hT. The zero-order valence-corrected chi connectivity index (χ0v) is 19.1. The molecule has 1 heterocycles. The molecule has 0 spiro atoms. The fourth-order valence-electron chi connectivity index (χ4n) is 2.60. The summed E-state index contributed by atoms with van der Waals surface area (Å²) in [6.07, 6.45) is 0. The Balaban J connectivity index is 0.000000806. The Morgan fingerprint density at radius 2 is 1.66 bits per heavy atom. The first kappa shape index (κ1) is 19.8. The van der Waals surface area contributed by atoms with E-state index in [2.05, 4.69) is 32.8 Å². The molecule has 0 aliphatic carbocycles. The number of hydrogen-bond acceptors (Lipinski definition) is 5. The number of aromatic nitrogens is 4. The van der Waals surface area contributed by atoms with Crippen molar-refractivity contribution in [3.8, 4) is 22.8 Å². The van der Waals surface area contributed by atoms with Gasteiger partial charge in [0.05, 0.1) is 15.6 Å². The maximum atomic E-state index is 10.9. The molecular formula is C19H15I2N6O2+. The van der Waals surface area contributed by atoms with Crippen LogP contribution >= 0.6 is 45.5 Å². The molecule has 2 N–H and O–H groups in total. The van der Waals surface area contributed by atoms with Crippen molar-refractivity contribution in [1.82, 2.24) is 15.0 Å². The number of tetrazole rings is 1. The lowest BCUT2D eigenvalue weighted by atomic mass is 10.2. The number of benzene rings is 3. The predicted octanol–water partition coefficient (Wildman–Crippen LogP) is 4.02. The summed E-state index contributed by atoms with van der Waals surface area (Å²) in [6.45, 7) is 0. The summed E-state index contributed by atoms with van der Waals surface area (Å²) in [7, 11) is 0. The van der Waals surface area contributed by atoms with E-state index in [0.717, 1.165) is 14.8 Å². The third-order valence-electron chi connectivity index (χ3n) is 3.94. The van der Waals surface area contributed by atoms with E-state index in [1.54, 1.807) is 44.6 Å². The lowest BCUT2D eigenvalue weighted by Gasteiger charge is -2.00. The number of hydrogen-bond donors (Lipinski definition) is 1. The quantitative estimate of drug-likeness (QED) is 0.123. The zero-order chi connectivity index (χ0) is 21.5. The van der Waals surface area contributed by atoms with E-state index in [0.29, 0.717) is 11.5 Å². The molecular weight excluding hydrogens is 598 g/mol. The Morgan fingerprint density at radius 1 is 1.03 bits per heavy atom. The Labute approximate surface area is 195 Å². The fraction of sp³-hybridized carbons (Fsp3) is 0. The maximum Gasteiger partial charge on any atom is 0.340 e. The third kappa shape index (κ3) is 4.94. The summed E-state index contributed by atoms with van der Waals surface area (Å²) >= 11 is 3.95. The lowest BCUT2D eigenvalue weighted by Crippen LogP contribution is -2.43. The molecule has 0 saturated heterocycles. The van der Waals surface area contributed by atoms with Crippen molar-refractivity contribution in [2.75, 3.05) is 0 Å². The average Bonchev–Trinajstić information content (AvgIpc) is 3.21. The second-order valence-electron chi connectivity index (χ2n) is 5.72. The average molecular weight is 615 g/mol. The number of non-ortho nitro benzene ring substituents is 1. The van der Waals surface area contributed by atoms with Gasteiger partial charge in [-0.3, -0.25) is 14.1 Å². The van der Waals surface area contributed by atoms with Crippen LogP contribution in [0.1, 0.15) is 0 Å². The SMILES string of the molecule is O=[N+]([O-])c1ccc(-[n+]2nc(-c3ccccc3)nn2-c2ccc(I)cc2)cc1.[3H]NI. The van der Waals surface area contributed by atoms with Gasteiger partial charge in [0.15, 0.2) is 5.69 Å². The van der Waals surface area contributed by atoms with Gasteiger partial charge in [0.2, 0.25) is 0 Å². The molecule has 29 heavy (non-hydrogen) atoms. The highest BCUT2D eigenvalue weighted by Crippen LogP contribution is 2.17. The number of nitrogens with two attached hydrogens (primary N) is 1. The topological polar surface area (TPSA) is 104 Å². The van der Waals surface area contributed by atoms with E-state index >= 15 is 0 Å². The number of rotatable bonds is 4. The Hall–Kier alpha value is -2.45. The molecule has 1 aromatic heterocycles. The summed E-state index contributed by atoms with van der Waals surface area (Å²) in [4.78, 5) is 13.8. The van der Waals surface area contributed by atoms with Crippen molar-refractivity contribution in [3.05, 3.63) is 92.5 Å². The molecule has 0 fully saturated rings. The number of halogens is 2. The minimum atomic E-state index is -0.423. The monoisotopic (exact) mass is 615 g/mol. The first-order valence-electron chi connectivity index (χ1n) is 8.76. The summed E-state index contributed by atoms with van der Waals surface area (Å²) in [6, 6.07) is 23.8. The lowest BCUT2D eigenvalue weighted by molar-refractivity contribution is -0.734. The first-order valence-corrected chi connectivity index (χ1v) is 10.4. The molecule has 4 aromatic rings. The first-order chi connectivity index (χ1) is 14.5. The minimum absolute atomic E-state index is 0.0305. The van der Waals surface area contributed by atoms with Gasteiger partial charge in [-0.25, -0.2) is 0 Å². The number of nitro benzene ring substituents is 1. The van der Waals surface area contributed by atoms with E-state index in [1.165, 1.54) is 12.1 Å². The molecule has 0 atom stereocenters. The molecule has 10 heteroatoms. The van der Waals surface area contributed by atoms with Crippen molar-refractivity contribution >= 4 is 51.1 Å². The van der Waals surface area contributed by atoms with Gasteiger partial charge in [0.1, 0.15) is 7.10 Å². The van der Waals surface area contributed by atoms with E-state index in [-0.39, 0.29) is 5.69 Å². The third-order valence-corrected chi connectivity index (χ3v) is 4.66. The summed E-state index contributed by atoms with van der Waals surface area (Å²) < 4.78 is 9.03. The highest BCUT2D eigenvalue weighted by molar-refractivity contribution is 14.1. The minimum Gasteiger partial charge on any atom is -0.275 e. The molecule has 0 radical (unpaired) electrons. The highest BCUT2D eigenvalue weighted by Gasteiger charge is 2.23. The van der Waals surface area contributed by atoms with Gasteiger partial charge < -0.3 is 0 Å². The highest BCUT2D eigenvalue weighted by atomic mass is 127. The van der Waals surface area contributed by atoms with Gasteiger partial charge in [-0.15, -0.1) is 0 Å². The van der Waals surface area contributed by atoms with Gasteiger partial charge in [0, 0.05) is 43.4 Å². The predicted molar refractivity (Wildman–Crippen MR) is 126 cm³/mol. The van der Waals surface area contributed by atoms with Gasteiger partial charge >= 0.3 is 5.82 Å². The second-order valence-corrected chi connectivity index (χ2v) is 6.96. The summed E-state index contributed by atoms with van der Waals surface area (Å²) in [5, 5.41) is 20.2. The summed E-state index contributed by atoms with van der Waals surface area (Å²) in [5.74, 6) is 0.563. The largest absolute Gasteiger partial charge is 0.340 e. The molecule has 0 aliphatic heterocycles. The van der Waals surface area contributed by atoms with Crippen LogP contribution < -0.4 is 8.74 Å². The molecule has 8 nitrogen and oxygen atoms in total. The van der Waals surface area contributed by atoms with Crippen molar-refractivity contribution in [1.29, 1.82) is 0 Å². The van der Waals surface area contributed by atoms with Crippen molar-refractivity contribution in [2.24, 2.45) is 3.94 Å². The van der Waals surface area contributed by atoms with Crippen molar-refractivity contribution < 1.29 is 11.1 Å². The van der Waals surface area contributed by atoms with E-state index in [4.69, 9.17) is 1.41 Å². The number of nitrogens with zero attached hydrogens (tertiary/aromatic N) is 5. The van der Waals surface area contributed by atoms with Gasteiger partial charge in [-0.2, -0.15) is 0 Å². The Bertz CT molecular complexity index is 1120. The molecule has 0 saturated carbocycles. The Kier molecular flexibility index (Phi) is 6.74. The van der Waals surface area contributed by atoms with Crippen LogP contribution in [0, 0.1) is 13.7 Å². The van der Waals surface area contributed by atoms with Gasteiger partial charge in [-0.1, -0.05) is 18.2 Å². The van der Waals surface area contributed by atoms with Crippen LogP contribution in [0.15, 0.2) is 78.9 Å². The molecule has 3 aromatic carbocycles. The van der Waals surface area contributed by atoms with Crippen LogP contribution in [0.5, 0.6) is 0 Å². The fourth-order valence-corrected chi connectivity index (χ4v) is 2.96. The molecule has 0 aliphatic rings. The van der Waals surface area contributed by atoms with Crippen LogP contribution in [-0.2, 0) is 0 Å². The van der Waals surface area contributed by atoms with Crippen molar-refractivity contribution in [3.63, 3.8) is 0 Å². The smallest absolute Gasteiger partial charge is 0.275 e. The van der Waals surface area contributed by atoms with E-state index in [9.17, 15) is 10.1 Å². The van der Waals surface area contributed by atoms with Gasteiger partial charge in [0.25, 0.3) is 5.69 Å². The normalized spacial score (nSPS) is 10.6. The van der Waals surface area contributed by atoms with Crippen LogP contribution in [0.3, 0.4) is 0 Å². The van der Waals surface area contributed by atoms with Gasteiger partial charge in [-0.05, 0) is 81.0 Å². The maximum absolute atomic E-state index is 10.9.